The molecule has 3 rings (SSSR count). The molecule has 3 atom stereocenters. The number of piperazine rings is 1. The number of benzene rings is 1. The Labute approximate surface area is 143 Å². The topological polar surface area (TPSA) is 49.9 Å². The maximum absolute atomic E-state index is 12.7. The Morgan fingerprint density at radius 3 is 2.71 bits per heavy atom. The number of rotatable bonds is 5. The third-order valence-electron chi connectivity index (χ3n) is 5.34. The van der Waals surface area contributed by atoms with Gasteiger partial charge in [0.2, 0.25) is 5.91 Å². The van der Waals surface area contributed by atoms with Crippen LogP contribution in [0, 0.1) is 5.92 Å². The van der Waals surface area contributed by atoms with E-state index >= 15 is 0 Å². The zero-order valence-electron chi connectivity index (χ0n) is 14.5. The first-order valence-electron chi connectivity index (χ1n) is 8.79. The number of carbonyl (C=O) groups excluding carboxylic acids is 2. The van der Waals surface area contributed by atoms with Crippen molar-refractivity contribution in [2.24, 2.45) is 5.92 Å². The van der Waals surface area contributed by atoms with Gasteiger partial charge in [-0.15, -0.1) is 0 Å². The van der Waals surface area contributed by atoms with Crippen LogP contribution in [0.4, 0.5) is 0 Å². The summed E-state index contributed by atoms with van der Waals surface area (Å²) in [5, 5.41) is 0. The quantitative estimate of drug-likeness (QED) is 0.771. The largest absolute Gasteiger partial charge is 0.469 e. The van der Waals surface area contributed by atoms with Crippen LogP contribution in [0.5, 0.6) is 0 Å². The zero-order valence-corrected chi connectivity index (χ0v) is 14.5. The van der Waals surface area contributed by atoms with Gasteiger partial charge < -0.3 is 9.64 Å². The summed E-state index contributed by atoms with van der Waals surface area (Å²) in [5.41, 5.74) is 1.29. The fourth-order valence-corrected chi connectivity index (χ4v) is 4.20. The minimum absolute atomic E-state index is 0.00813. The number of esters is 1. The van der Waals surface area contributed by atoms with Crippen molar-refractivity contribution >= 4 is 11.9 Å². The first-order valence-corrected chi connectivity index (χ1v) is 8.79. The molecular formula is C19H26N2O3. The Bertz CT molecular complexity index is 590. The first kappa shape index (κ1) is 17.0. The van der Waals surface area contributed by atoms with Crippen LogP contribution in [0.25, 0.3) is 0 Å². The second kappa shape index (κ2) is 7.34. The molecule has 24 heavy (non-hydrogen) atoms. The van der Waals surface area contributed by atoms with Crippen LogP contribution in [-0.4, -0.2) is 60.5 Å². The number of hydrogen-bond acceptors (Lipinski definition) is 4. The molecule has 0 unspecified atom stereocenters. The molecule has 2 aliphatic heterocycles. The molecule has 0 radical (unpaired) electrons. The lowest BCUT2D eigenvalue weighted by atomic mass is 9.97. The molecule has 0 aromatic heterocycles. The Kier molecular flexibility index (Phi) is 5.19. The van der Waals surface area contributed by atoms with Gasteiger partial charge in [-0.2, -0.15) is 0 Å². The number of amides is 1. The van der Waals surface area contributed by atoms with Crippen LogP contribution in [0.3, 0.4) is 0 Å². The highest BCUT2D eigenvalue weighted by molar-refractivity contribution is 5.82. The summed E-state index contributed by atoms with van der Waals surface area (Å²) in [6, 6.07) is 10.5. The summed E-state index contributed by atoms with van der Waals surface area (Å²) >= 11 is 0. The van der Waals surface area contributed by atoms with Gasteiger partial charge in [0.05, 0.1) is 19.6 Å². The van der Waals surface area contributed by atoms with E-state index in [0.717, 1.165) is 32.4 Å². The van der Waals surface area contributed by atoms with E-state index in [0.29, 0.717) is 6.54 Å². The molecule has 2 heterocycles. The highest BCUT2D eigenvalue weighted by Crippen LogP contribution is 2.35. The van der Waals surface area contributed by atoms with Crippen molar-refractivity contribution in [2.75, 3.05) is 26.7 Å². The minimum atomic E-state index is -0.181. The number of methoxy groups -OCH3 is 1. The summed E-state index contributed by atoms with van der Waals surface area (Å²) in [7, 11) is 1.43. The van der Waals surface area contributed by atoms with Gasteiger partial charge in [-0.1, -0.05) is 37.3 Å². The third kappa shape index (κ3) is 3.31. The van der Waals surface area contributed by atoms with Gasteiger partial charge in [0.1, 0.15) is 0 Å². The molecule has 1 aromatic rings. The van der Waals surface area contributed by atoms with Crippen molar-refractivity contribution in [1.82, 2.24) is 9.80 Å². The maximum atomic E-state index is 12.7. The summed E-state index contributed by atoms with van der Waals surface area (Å²) in [6.07, 6.45) is 2.46. The second-order valence-corrected chi connectivity index (χ2v) is 6.77. The number of carbonyl (C=O) groups is 2. The summed E-state index contributed by atoms with van der Waals surface area (Å²) in [5.74, 6) is -0.208. The Morgan fingerprint density at radius 2 is 2.04 bits per heavy atom. The van der Waals surface area contributed by atoms with Gasteiger partial charge in [0, 0.05) is 25.2 Å². The zero-order chi connectivity index (χ0) is 17.1. The predicted molar refractivity (Wildman–Crippen MR) is 91.4 cm³/mol. The average molecular weight is 330 g/mol. The molecule has 2 aliphatic rings. The van der Waals surface area contributed by atoms with E-state index in [9.17, 15) is 9.59 Å². The van der Waals surface area contributed by atoms with Crippen LogP contribution >= 0.6 is 0 Å². The van der Waals surface area contributed by atoms with E-state index in [-0.39, 0.29) is 29.9 Å². The molecule has 0 saturated carbocycles. The van der Waals surface area contributed by atoms with Gasteiger partial charge in [-0.25, -0.2) is 0 Å². The lowest BCUT2D eigenvalue weighted by Crippen LogP contribution is -2.56. The van der Waals surface area contributed by atoms with Crippen molar-refractivity contribution in [2.45, 2.75) is 38.3 Å². The van der Waals surface area contributed by atoms with E-state index < -0.39 is 0 Å². The molecule has 5 heteroatoms. The molecule has 0 aliphatic carbocycles. The Hall–Kier alpha value is -1.88. The van der Waals surface area contributed by atoms with Gasteiger partial charge in [0.15, 0.2) is 0 Å². The highest BCUT2D eigenvalue weighted by Gasteiger charge is 2.48. The predicted octanol–water partition coefficient (Wildman–Crippen LogP) is 1.71. The van der Waals surface area contributed by atoms with Crippen molar-refractivity contribution in [3.8, 4) is 0 Å². The van der Waals surface area contributed by atoms with Gasteiger partial charge in [-0.05, 0) is 24.8 Å². The van der Waals surface area contributed by atoms with Gasteiger partial charge >= 0.3 is 5.97 Å². The summed E-state index contributed by atoms with van der Waals surface area (Å²) in [4.78, 5) is 28.9. The van der Waals surface area contributed by atoms with Crippen LogP contribution in [-0.2, 0) is 20.7 Å². The molecule has 2 fully saturated rings. The van der Waals surface area contributed by atoms with Crippen molar-refractivity contribution in [3.05, 3.63) is 35.9 Å². The molecule has 2 saturated heterocycles. The van der Waals surface area contributed by atoms with Crippen LogP contribution < -0.4 is 0 Å². The third-order valence-corrected chi connectivity index (χ3v) is 5.34. The van der Waals surface area contributed by atoms with Gasteiger partial charge in [0.25, 0.3) is 0 Å². The lowest BCUT2D eigenvalue weighted by Gasteiger charge is -2.39. The second-order valence-electron chi connectivity index (χ2n) is 6.77. The highest BCUT2D eigenvalue weighted by atomic mass is 16.5. The summed E-state index contributed by atoms with van der Waals surface area (Å²) in [6.45, 7) is 4.22. The number of fused-ring (bicyclic) bond motifs is 1. The average Bonchev–Trinajstić information content (AvgIpc) is 2.99. The monoisotopic (exact) mass is 330 g/mol. The molecule has 5 nitrogen and oxygen atoms in total. The van der Waals surface area contributed by atoms with Crippen molar-refractivity contribution in [1.29, 1.82) is 0 Å². The number of ether oxygens (including phenoxy) is 1. The van der Waals surface area contributed by atoms with Gasteiger partial charge in [-0.3, -0.25) is 14.5 Å². The van der Waals surface area contributed by atoms with E-state index in [1.807, 2.05) is 30.0 Å². The minimum Gasteiger partial charge on any atom is -0.469 e. The summed E-state index contributed by atoms with van der Waals surface area (Å²) < 4.78 is 4.95. The molecule has 0 N–H and O–H groups in total. The standard InChI is InChI=1S/C19H26N2O3/c1-3-17-16(19(23)24-2)11-15-12-20(13-18(22)21(15)17)10-9-14-7-5-4-6-8-14/h4-8,15-17H,3,9-13H2,1-2H3/t15-,16-,17-/m0/s1. The van der Waals surface area contributed by atoms with E-state index in [1.54, 1.807) is 0 Å². The fourth-order valence-electron chi connectivity index (χ4n) is 4.20. The molecule has 1 amide bonds. The first-order chi connectivity index (χ1) is 11.6. The Morgan fingerprint density at radius 1 is 1.29 bits per heavy atom. The van der Waals surface area contributed by atoms with Crippen LogP contribution in [0.2, 0.25) is 0 Å². The number of hydrogen-bond donors (Lipinski definition) is 0. The SMILES string of the molecule is CC[C@H]1[C@@H](C(=O)OC)C[C@H]2CN(CCc3ccccc3)CC(=O)N21. The fraction of sp³-hybridized carbons (Fsp3) is 0.579. The van der Waals surface area contributed by atoms with Crippen LogP contribution in [0.1, 0.15) is 25.3 Å². The molecule has 1 aromatic carbocycles. The van der Waals surface area contributed by atoms with E-state index in [4.69, 9.17) is 4.74 Å². The van der Waals surface area contributed by atoms with Crippen molar-refractivity contribution < 1.29 is 14.3 Å². The normalized spacial score (nSPS) is 27.2. The molecular weight excluding hydrogens is 304 g/mol. The molecule has 0 spiro atoms. The van der Waals surface area contributed by atoms with E-state index in [2.05, 4.69) is 17.0 Å². The number of nitrogens with zero attached hydrogens (tertiary/aromatic N) is 2. The molecule has 0 bridgehead atoms. The smallest absolute Gasteiger partial charge is 0.310 e. The van der Waals surface area contributed by atoms with Crippen molar-refractivity contribution in [3.63, 3.8) is 0 Å². The Balaban J connectivity index is 1.65. The molecule has 130 valence electrons. The van der Waals surface area contributed by atoms with Crippen LogP contribution in [0.15, 0.2) is 30.3 Å². The lowest BCUT2D eigenvalue weighted by molar-refractivity contribution is -0.147. The van der Waals surface area contributed by atoms with E-state index in [1.165, 1.54) is 12.7 Å². The maximum Gasteiger partial charge on any atom is 0.310 e.